The van der Waals surface area contributed by atoms with Gasteiger partial charge < -0.3 is 11.1 Å². The van der Waals surface area contributed by atoms with E-state index < -0.39 is 0 Å². The predicted molar refractivity (Wildman–Crippen MR) is 75.3 cm³/mol. The molecule has 0 spiro atoms. The summed E-state index contributed by atoms with van der Waals surface area (Å²) in [4.78, 5) is 0. The lowest BCUT2D eigenvalue weighted by atomic mass is 9.94. The summed E-state index contributed by atoms with van der Waals surface area (Å²) in [6.07, 6.45) is 0. The van der Waals surface area contributed by atoms with Crippen LogP contribution in [0.25, 0.3) is 0 Å². The third-order valence-corrected chi connectivity index (χ3v) is 3.72. The zero-order valence-electron chi connectivity index (χ0n) is 11.9. The Bertz CT molecular complexity index is 357. The van der Waals surface area contributed by atoms with Gasteiger partial charge in [-0.25, -0.2) is 0 Å². The Kier molecular flexibility index (Phi) is 5.16. The molecule has 0 aliphatic rings. The lowest BCUT2D eigenvalue weighted by Gasteiger charge is -2.17. The van der Waals surface area contributed by atoms with Crippen LogP contribution >= 0.6 is 0 Å². The molecule has 2 nitrogen and oxygen atoms in total. The molecule has 1 atom stereocenters. The van der Waals surface area contributed by atoms with Crippen molar-refractivity contribution >= 4 is 0 Å². The van der Waals surface area contributed by atoms with Gasteiger partial charge in [-0.2, -0.15) is 0 Å². The number of benzene rings is 1. The summed E-state index contributed by atoms with van der Waals surface area (Å²) in [6.45, 7) is 13.7. The van der Waals surface area contributed by atoms with Crippen molar-refractivity contribution < 1.29 is 0 Å². The second-order valence-corrected chi connectivity index (χ2v) is 5.21. The lowest BCUT2D eigenvalue weighted by Crippen LogP contribution is -2.26. The summed E-state index contributed by atoms with van der Waals surface area (Å²) < 4.78 is 0. The number of rotatable bonds is 5. The van der Waals surface area contributed by atoms with E-state index >= 15 is 0 Å². The molecule has 0 aliphatic heterocycles. The Labute approximate surface area is 106 Å². The van der Waals surface area contributed by atoms with Gasteiger partial charge in [0.15, 0.2) is 0 Å². The third kappa shape index (κ3) is 3.55. The highest BCUT2D eigenvalue weighted by Crippen LogP contribution is 2.21. The van der Waals surface area contributed by atoms with E-state index in [1.807, 2.05) is 0 Å². The van der Waals surface area contributed by atoms with Crippen molar-refractivity contribution in [2.45, 2.75) is 41.2 Å². The zero-order valence-corrected chi connectivity index (χ0v) is 11.9. The molecule has 0 heterocycles. The summed E-state index contributed by atoms with van der Waals surface area (Å²) in [5.74, 6) is 0.543. The fourth-order valence-electron chi connectivity index (χ4n) is 2.09. The van der Waals surface area contributed by atoms with Crippen molar-refractivity contribution in [3.05, 3.63) is 33.9 Å². The van der Waals surface area contributed by atoms with E-state index in [2.05, 4.69) is 46.0 Å². The first-order valence-corrected chi connectivity index (χ1v) is 6.44. The number of nitrogens with two attached hydrogens (primary N) is 1. The smallest absolute Gasteiger partial charge is 0.0211 e. The molecule has 1 aromatic carbocycles. The second-order valence-electron chi connectivity index (χ2n) is 5.21. The minimum Gasteiger partial charge on any atom is -0.330 e. The molecule has 3 N–H and O–H groups in total. The van der Waals surface area contributed by atoms with Crippen LogP contribution in [-0.2, 0) is 6.54 Å². The Morgan fingerprint density at radius 1 is 1.12 bits per heavy atom. The largest absolute Gasteiger partial charge is 0.330 e. The standard InChI is InChI=1S/C15H26N2/c1-10(7-16)8-17-9-15-13(4)11(2)6-12(3)14(15)5/h6,10,17H,7-9,16H2,1-5H3. The number of hydrogen-bond acceptors (Lipinski definition) is 2. The molecule has 0 radical (unpaired) electrons. The molecule has 0 aromatic heterocycles. The summed E-state index contributed by atoms with van der Waals surface area (Å²) in [7, 11) is 0. The summed E-state index contributed by atoms with van der Waals surface area (Å²) in [6, 6.07) is 2.27. The summed E-state index contributed by atoms with van der Waals surface area (Å²) in [5, 5.41) is 3.51. The minimum atomic E-state index is 0.543. The van der Waals surface area contributed by atoms with E-state index in [-0.39, 0.29) is 0 Å². The van der Waals surface area contributed by atoms with Gasteiger partial charge in [-0.05, 0) is 74.5 Å². The van der Waals surface area contributed by atoms with Crippen LogP contribution in [0.1, 0.15) is 34.7 Å². The van der Waals surface area contributed by atoms with Gasteiger partial charge in [0.25, 0.3) is 0 Å². The molecule has 17 heavy (non-hydrogen) atoms. The average molecular weight is 234 g/mol. The molecule has 2 heteroatoms. The first-order chi connectivity index (χ1) is 7.97. The Hall–Kier alpha value is -0.860. The van der Waals surface area contributed by atoms with E-state index in [0.717, 1.165) is 19.6 Å². The zero-order chi connectivity index (χ0) is 13.0. The van der Waals surface area contributed by atoms with Gasteiger partial charge in [-0.3, -0.25) is 0 Å². The molecule has 1 rings (SSSR count). The highest BCUT2D eigenvalue weighted by Gasteiger charge is 2.08. The second kappa shape index (κ2) is 6.18. The van der Waals surface area contributed by atoms with Crippen LogP contribution in [0.15, 0.2) is 6.07 Å². The Morgan fingerprint density at radius 2 is 1.65 bits per heavy atom. The van der Waals surface area contributed by atoms with Crippen LogP contribution in [0.5, 0.6) is 0 Å². The van der Waals surface area contributed by atoms with Crippen LogP contribution < -0.4 is 11.1 Å². The molecule has 1 unspecified atom stereocenters. The van der Waals surface area contributed by atoms with E-state index in [0.29, 0.717) is 5.92 Å². The van der Waals surface area contributed by atoms with Crippen molar-refractivity contribution in [2.75, 3.05) is 13.1 Å². The van der Waals surface area contributed by atoms with E-state index in [4.69, 9.17) is 5.73 Å². The highest BCUT2D eigenvalue weighted by atomic mass is 14.9. The van der Waals surface area contributed by atoms with Gasteiger partial charge in [-0.1, -0.05) is 13.0 Å². The summed E-state index contributed by atoms with van der Waals surface area (Å²) >= 11 is 0. The number of hydrogen-bond donors (Lipinski definition) is 2. The molecule has 0 aliphatic carbocycles. The number of aryl methyl sites for hydroxylation is 2. The Morgan fingerprint density at radius 3 is 2.12 bits per heavy atom. The van der Waals surface area contributed by atoms with Crippen molar-refractivity contribution in [2.24, 2.45) is 11.7 Å². The summed E-state index contributed by atoms with van der Waals surface area (Å²) in [5.41, 5.74) is 12.7. The molecule has 0 amide bonds. The lowest BCUT2D eigenvalue weighted by molar-refractivity contribution is 0.521. The molecule has 0 fully saturated rings. The van der Waals surface area contributed by atoms with Crippen LogP contribution in [0.4, 0.5) is 0 Å². The van der Waals surface area contributed by atoms with Crippen molar-refractivity contribution in [1.29, 1.82) is 0 Å². The van der Waals surface area contributed by atoms with Crippen molar-refractivity contribution in [1.82, 2.24) is 5.32 Å². The van der Waals surface area contributed by atoms with E-state index in [1.165, 1.54) is 27.8 Å². The minimum absolute atomic E-state index is 0.543. The fraction of sp³-hybridized carbons (Fsp3) is 0.600. The third-order valence-electron chi connectivity index (χ3n) is 3.72. The highest BCUT2D eigenvalue weighted by molar-refractivity contribution is 5.43. The van der Waals surface area contributed by atoms with Gasteiger partial charge in [0.05, 0.1) is 0 Å². The van der Waals surface area contributed by atoms with Crippen molar-refractivity contribution in [3.8, 4) is 0 Å². The normalized spacial score (nSPS) is 12.8. The molecular weight excluding hydrogens is 208 g/mol. The maximum atomic E-state index is 5.62. The van der Waals surface area contributed by atoms with Crippen LogP contribution in [0.3, 0.4) is 0 Å². The van der Waals surface area contributed by atoms with Crippen molar-refractivity contribution in [3.63, 3.8) is 0 Å². The van der Waals surface area contributed by atoms with Gasteiger partial charge in [-0.15, -0.1) is 0 Å². The van der Waals surface area contributed by atoms with Gasteiger partial charge in [0.1, 0.15) is 0 Å². The molecule has 1 aromatic rings. The molecule has 0 bridgehead atoms. The van der Waals surface area contributed by atoms with Crippen LogP contribution in [0, 0.1) is 33.6 Å². The quantitative estimate of drug-likeness (QED) is 0.822. The molecule has 0 saturated heterocycles. The predicted octanol–water partition coefficient (Wildman–Crippen LogP) is 2.60. The Balaban J connectivity index is 2.77. The first-order valence-electron chi connectivity index (χ1n) is 6.44. The van der Waals surface area contributed by atoms with Crippen LogP contribution in [0.2, 0.25) is 0 Å². The average Bonchev–Trinajstić information content (AvgIpc) is 2.30. The molecule has 96 valence electrons. The van der Waals surface area contributed by atoms with Gasteiger partial charge in [0.2, 0.25) is 0 Å². The maximum Gasteiger partial charge on any atom is 0.0211 e. The first kappa shape index (κ1) is 14.2. The monoisotopic (exact) mass is 234 g/mol. The van der Waals surface area contributed by atoms with Gasteiger partial charge in [0, 0.05) is 6.54 Å². The molecular formula is C15H26N2. The van der Waals surface area contributed by atoms with E-state index in [9.17, 15) is 0 Å². The molecule has 0 saturated carbocycles. The maximum absolute atomic E-state index is 5.62. The van der Waals surface area contributed by atoms with Gasteiger partial charge >= 0.3 is 0 Å². The topological polar surface area (TPSA) is 38.0 Å². The fourth-order valence-corrected chi connectivity index (χ4v) is 2.09. The SMILES string of the molecule is Cc1cc(C)c(C)c(CNCC(C)CN)c1C. The number of nitrogens with one attached hydrogen (secondary N) is 1. The van der Waals surface area contributed by atoms with Crippen LogP contribution in [-0.4, -0.2) is 13.1 Å². The van der Waals surface area contributed by atoms with E-state index in [1.54, 1.807) is 0 Å².